The van der Waals surface area contributed by atoms with E-state index in [0.29, 0.717) is 19.6 Å². The van der Waals surface area contributed by atoms with Crippen LogP contribution in [0.2, 0.25) is 0 Å². The van der Waals surface area contributed by atoms with Crippen LogP contribution in [0, 0.1) is 0 Å². The summed E-state index contributed by atoms with van der Waals surface area (Å²) in [5.74, 6) is -0.0162. The highest BCUT2D eigenvalue weighted by atomic mass is 16.3. The summed E-state index contributed by atoms with van der Waals surface area (Å²) in [4.78, 5) is 18.5. The Morgan fingerprint density at radius 1 is 1.25 bits per heavy atom. The zero-order valence-corrected chi connectivity index (χ0v) is 14.7. The first kappa shape index (κ1) is 18.4. The number of carbonyl (C=O) groups excluding carboxylic acids is 1. The van der Waals surface area contributed by atoms with E-state index in [-0.39, 0.29) is 11.9 Å². The number of hydrogen-bond acceptors (Lipinski definition) is 4. The van der Waals surface area contributed by atoms with E-state index in [1.807, 2.05) is 43.0 Å². The summed E-state index contributed by atoms with van der Waals surface area (Å²) in [7, 11) is 0. The van der Waals surface area contributed by atoms with Crippen LogP contribution in [0.15, 0.2) is 36.5 Å². The number of hydrogen-bond donors (Lipinski definition) is 2. The molecule has 1 atom stereocenters. The fraction of sp³-hybridized carbons (Fsp3) is 0.474. The van der Waals surface area contributed by atoms with Crippen LogP contribution < -0.4 is 5.32 Å². The van der Waals surface area contributed by atoms with Crippen LogP contribution in [0.3, 0.4) is 0 Å². The van der Waals surface area contributed by atoms with Crippen LogP contribution in [-0.4, -0.2) is 52.7 Å². The number of nitrogens with zero attached hydrogens (tertiary/aromatic N) is 2. The number of rotatable bonds is 8. The Labute approximate surface area is 143 Å². The number of aliphatic hydroxyl groups is 1. The third-order valence-electron chi connectivity index (χ3n) is 4.01. The standard InChI is InChI=1S/C19H27N3O2/c1-14(2)22(12-15(3)23)13-18(24)20-11-9-17-7-4-6-16-8-5-10-21-19(16)17/h4-8,10,14-15,23H,9,11-13H2,1-3H3,(H,20,24). The van der Waals surface area contributed by atoms with Crippen molar-refractivity contribution in [1.82, 2.24) is 15.2 Å². The maximum absolute atomic E-state index is 12.1. The molecule has 1 unspecified atom stereocenters. The first-order valence-corrected chi connectivity index (χ1v) is 8.49. The zero-order chi connectivity index (χ0) is 17.5. The SMILES string of the molecule is CC(O)CN(CC(=O)NCCc1cccc2cccnc12)C(C)C. The molecule has 0 aliphatic carbocycles. The lowest BCUT2D eigenvalue weighted by Crippen LogP contribution is -2.44. The number of carbonyl (C=O) groups is 1. The predicted octanol–water partition coefficient (Wildman–Crippen LogP) is 1.98. The van der Waals surface area contributed by atoms with Crippen LogP contribution in [0.4, 0.5) is 0 Å². The number of aliphatic hydroxyl groups excluding tert-OH is 1. The maximum Gasteiger partial charge on any atom is 0.234 e. The summed E-state index contributed by atoms with van der Waals surface area (Å²) in [5.41, 5.74) is 2.13. The van der Waals surface area contributed by atoms with Crippen LogP contribution in [0.25, 0.3) is 10.9 Å². The minimum absolute atomic E-state index is 0.0162. The van der Waals surface area contributed by atoms with Crippen molar-refractivity contribution in [3.05, 3.63) is 42.1 Å². The van der Waals surface area contributed by atoms with Crippen molar-refractivity contribution in [2.24, 2.45) is 0 Å². The minimum atomic E-state index is -0.443. The minimum Gasteiger partial charge on any atom is -0.392 e. The molecule has 130 valence electrons. The van der Waals surface area contributed by atoms with Crippen molar-refractivity contribution in [2.45, 2.75) is 39.3 Å². The van der Waals surface area contributed by atoms with Gasteiger partial charge in [0.15, 0.2) is 0 Å². The number of benzene rings is 1. The first-order valence-electron chi connectivity index (χ1n) is 8.49. The molecular formula is C19H27N3O2. The third kappa shape index (κ3) is 5.28. The summed E-state index contributed by atoms with van der Waals surface area (Å²) < 4.78 is 0. The molecule has 0 fully saturated rings. The van der Waals surface area contributed by atoms with Gasteiger partial charge in [0.05, 0.1) is 18.2 Å². The summed E-state index contributed by atoms with van der Waals surface area (Å²) >= 11 is 0. The van der Waals surface area contributed by atoms with Gasteiger partial charge in [-0.25, -0.2) is 0 Å². The van der Waals surface area contributed by atoms with Gasteiger partial charge in [0, 0.05) is 30.7 Å². The molecule has 2 N–H and O–H groups in total. The number of para-hydroxylation sites is 1. The lowest BCUT2D eigenvalue weighted by Gasteiger charge is -2.26. The summed E-state index contributed by atoms with van der Waals surface area (Å²) in [6.07, 6.45) is 2.10. The van der Waals surface area contributed by atoms with Crippen molar-refractivity contribution >= 4 is 16.8 Å². The van der Waals surface area contributed by atoms with Crippen molar-refractivity contribution in [2.75, 3.05) is 19.6 Å². The van der Waals surface area contributed by atoms with Crippen molar-refractivity contribution in [3.8, 4) is 0 Å². The Bertz CT molecular complexity index is 665. The molecule has 0 saturated carbocycles. The molecule has 24 heavy (non-hydrogen) atoms. The molecule has 1 aromatic carbocycles. The summed E-state index contributed by atoms with van der Waals surface area (Å²) in [6, 6.07) is 10.3. The molecular weight excluding hydrogens is 302 g/mol. The van der Waals surface area contributed by atoms with Gasteiger partial charge in [-0.05, 0) is 38.8 Å². The van der Waals surface area contributed by atoms with Gasteiger partial charge in [0.2, 0.25) is 5.91 Å². The second-order valence-electron chi connectivity index (χ2n) is 6.46. The van der Waals surface area contributed by atoms with Gasteiger partial charge in [-0.1, -0.05) is 24.3 Å². The topological polar surface area (TPSA) is 65.5 Å². The fourth-order valence-electron chi connectivity index (χ4n) is 2.74. The quantitative estimate of drug-likeness (QED) is 0.777. The Morgan fingerprint density at radius 3 is 2.71 bits per heavy atom. The lowest BCUT2D eigenvalue weighted by atomic mass is 10.1. The average molecular weight is 329 g/mol. The lowest BCUT2D eigenvalue weighted by molar-refractivity contribution is -0.122. The smallest absolute Gasteiger partial charge is 0.234 e. The monoisotopic (exact) mass is 329 g/mol. The van der Waals surface area contributed by atoms with Crippen LogP contribution in [0.1, 0.15) is 26.3 Å². The molecule has 5 heteroatoms. The van der Waals surface area contributed by atoms with Gasteiger partial charge in [-0.3, -0.25) is 14.7 Å². The van der Waals surface area contributed by atoms with Gasteiger partial charge < -0.3 is 10.4 Å². The molecule has 5 nitrogen and oxygen atoms in total. The highest BCUT2D eigenvalue weighted by Gasteiger charge is 2.15. The van der Waals surface area contributed by atoms with E-state index in [1.165, 1.54) is 0 Å². The third-order valence-corrected chi connectivity index (χ3v) is 4.01. The largest absolute Gasteiger partial charge is 0.392 e. The van der Waals surface area contributed by atoms with Crippen molar-refractivity contribution in [1.29, 1.82) is 0 Å². The molecule has 2 aromatic rings. The van der Waals surface area contributed by atoms with Crippen LogP contribution in [-0.2, 0) is 11.2 Å². The molecule has 2 rings (SSSR count). The molecule has 0 saturated heterocycles. The molecule has 1 aromatic heterocycles. The zero-order valence-electron chi connectivity index (χ0n) is 14.7. The number of amides is 1. The Balaban J connectivity index is 1.87. The molecule has 0 aliphatic rings. The second-order valence-corrected chi connectivity index (χ2v) is 6.46. The van der Waals surface area contributed by atoms with Crippen LogP contribution in [0.5, 0.6) is 0 Å². The molecule has 0 spiro atoms. The molecule has 0 radical (unpaired) electrons. The number of fused-ring (bicyclic) bond motifs is 1. The van der Waals surface area contributed by atoms with E-state index in [2.05, 4.69) is 16.4 Å². The van der Waals surface area contributed by atoms with Gasteiger partial charge in [0.25, 0.3) is 0 Å². The van der Waals surface area contributed by atoms with E-state index in [4.69, 9.17) is 0 Å². The van der Waals surface area contributed by atoms with Gasteiger partial charge in [0.1, 0.15) is 0 Å². The first-order chi connectivity index (χ1) is 11.5. The average Bonchev–Trinajstić information content (AvgIpc) is 2.54. The predicted molar refractivity (Wildman–Crippen MR) is 96.8 cm³/mol. The van der Waals surface area contributed by atoms with E-state index < -0.39 is 6.10 Å². The van der Waals surface area contributed by atoms with E-state index in [0.717, 1.165) is 22.9 Å². The summed E-state index contributed by atoms with van der Waals surface area (Å²) in [6.45, 7) is 7.17. The second kappa shape index (κ2) is 8.76. The van der Waals surface area contributed by atoms with E-state index in [1.54, 1.807) is 13.1 Å². The number of nitrogens with one attached hydrogen (secondary N) is 1. The molecule has 1 heterocycles. The number of aromatic nitrogens is 1. The maximum atomic E-state index is 12.1. The molecule has 0 aliphatic heterocycles. The van der Waals surface area contributed by atoms with Gasteiger partial charge >= 0.3 is 0 Å². The highest BCUT2D eigenvalue weighted by Crippen LogP contribution is 2.15. The fourth-order valence-corrected chi connectivity index (χ4v) is 2.74. The Kier molecular flexibility index (Phi) is 6.70. The molecule has 0 bridgehead atoms. The Morgan fingerprint density at radius 2 is 2.00 bits per heavy atom. The highest BCUT2D eigenvalue weighted by molar-refractivity contribution is 5.81. The Hall–Kier alpha value is -1.98. The molecule has 1 amide bonds. The van der Waals surface area contributed by atoms with E-state index >= 15 is 0 Å². The van der Waals surface area contributed by atoms with E-state index in [9.17, 15) is 9.90 Å². The van der Waals surface area contributed by atoms with Crippen molar-refractivity contribution < 1.29 is 9.90 Å². The van der Waals surface area contributed by atoms with Gasteiger partial charge in [-0.15, -0.1) is 0 Å². The van der Waals surface area contributed by atoms with Crippen molar-refractivity contribution in [3.63, 3.8) is 0 Å². The van der Waals surface area contributed by atoms with Gasteiger partial charge in [-0.2, -0.15) is 0 Å². The number of pyridine rings is 1. The van der Waals surface area contributed by atoms with Crippen LogP contribution >= 0.6 is 0 Å². The summed E-state index contributed by atoms with van der Waals surface area (Å²) in [5, 5.41) is 13.6. The normalized spacial score (nSPS) is 12.8.